The molecule has 0 spiro atoms. The van der Waals surface area contributed by atoms with E-state index in [9.17, 15) is 4.79 Å². The first-order valence-electron chi connectivity index (χ1n) is 6.27. The van der Waals surface area contributed by atoms with Crippen LogP contribution in [0.25, 0.3) is 0 Å². The van der Waals surface area contributed by atoms with Gasteiger partial charge in [-0.25, -0.2) is 0 Å². The molecule has 0 fully saturated rings. The Bertz CT molecular complexity index is 470. The van der Waals surface area contributed by atoms with E-state index in [4.69, 9.17) is 9.47 Å². The van der Waals surface area contributed by atoms with Gasteiger partial charge in [-0.3, -0.25) is 9.78 Å². The first kappa shape index (κ1) is 15.2. The van der Waals surface area contributed by atoms with Crippen molar-refractivity contribution in [3.05, 3.63) is 36.2 Å². The van der Waals surface area contributed by atoms with Crippen LogP contribution in [0.3, 0.4) is 0 Å². The minimum absolute atomic E-state index is 0.285. The molecule has 1 aromatic rings. The molecule has 19 heavy (non-hydrogen) atoms. The lowest BCUT2D eigenvalue weighted by atomic mass is 9.85. The molecule has 1 heterocycles. The number of aromatic nitrogens is 1. The summed E-state index contributed by atoms with van der Waals surface area (Å²) in [6, 6.07) is 3.67. The first-order valence-corrected chi connectivity index (χ1v) is 6.27. The van der Waals surface area contributed by atoms with E-state index in [1.54, 1.807) is 27.0 Å². The zero-order chi connectivity index (χ0) is 14.5. The van der Waals surface area contributed by atoms with Crippen LogP contribution in [0.15, 0.2) is 24.8 Å². The fraction of sp³-hybridized carbons (Fsp3) is 0.467. The summed E-state index contributed by atoms with van der Waals surface area (Å²) in [5.74, 6) is 0.449. The maximum atomic E-state index is 12.0. The lowest BCUT2D eigenvalue weighted by Gasteiger charge is -2.23. The van der Waals surface area contributed by atoms with E-state index in [2.05, 4.69) is 11.6 Å². The average molecular weight is 263 g/mol. The van der Waals surface area contributed by atoms with E-state index in [1.165, 1.54) is 0 Å². The van der Waals surface area contributed by atoms with Crippen molar-refractivity contribution in [1.29, 1.82) is 0 Å². The molecule has 1 unspecified atom stereocenters. The molecule has 4 nitrogen and oxygen atoms in total. The van der Waals surface area contributed by atoms with Crippen molar-refractivity contribution in [1.82, 2.24) is 4.98 Å². The smallest absolute Gasteiger partial charge is 0.316 e. The molecule has 0 bridgehead atoms. The Balaban J connectivity index is 3.01. The summed E-state index contributed by atoms with van der Waals surface area (Å²) in [4.78, 5) is 16.4. The van der Waals surface area contributed by atoms with Gasteiger partial charge in [0.25, 0.3) is 0 Å². The topological polar surface area (TPSA) is 48.4 Å². The second-order valence-corrected chi connectivity index (χ2v) is 4.66. The summed E-state index contributed by atoms with van der Waals surface area (Å²) in [5, 5.41) is 0. The average Bonchev–Trinajstić information content (AvgIpc) is 2.38. The van der Waals surface area contributed by atoms with Crippen molar-refractivity contribution in [2.45, 2.75) is 27.2 Å². The van der Waals surface area contributed by atoms with Gasteiger partial charge < -0.3 is 9.47 Å². The molecular weight excluding hydrogens is 242 g/mol. The van der Waals surface area contributed by atoms with Crippen molar-refractivity contribution < 1.29 is 14.3 Å². The molecule has 0 N–H and O–H groups in total. The van der Waals surface area contributed by atoms with Crippen LogP contribution in [0, 0.1) is 12.3 Å². The summed E-state index contributed by atoms with van der Waals surface area (Å²) >= 11 is 0. The van der Waals surface area contributed by atoms with E-state index in [0.29, 0.717) is 13.0 Å². The Hall–Kier alpha value is -1.84. The molecule has 104 valence electrons. The van der Waals surface area contributed by atoms with Crippen LogP contribution in [0.2, 0.25) is 0 Å². The van der Waals surface area contributed by atoms with E-state index in [0.717, 1.165) is 17.1 Å². The van der Waals surface area contributed by atoms with E-state index >= 15 is 0 Å². The molecule has 0 aliphatic rings. The summed E-state index contributed by atoms with van der Waals surface area (Å²) in [7, 11) is 1.61. The third kappa shape index (κ3) is 3.81. The van der Waals surface area contributed by atoms with Crippen LogP contribution < -0.4 is 4.74 Å². The predicted octanol–water partition coefficient (Wildman–Crippen LogP) is 2.70. The number of hydrogen-bond acceptors (Lipinski definition) is 4. The minimum Gasteiger partial charge on any atom is -0.497 e. The van der Waals surface area contributed by atoms with Gasteiger partial charge in [0.15, 0.2) is 0 Å². The van der Waals surface area contributed by atoms with Gasteiger partial charge in [0.1, 0.15) is 5.75 Å². The zero-order valence-corrected chi connectivity index (χ0v) is 12.0. The van der Waals surface area contributed by atoms with Gasteiger partial charge in [-0.15, -0.1) is 6.58 Å². The predicted molar refractivity (Wildman–Crippen MR) is 74.2 cm³/mol. The largest absolute Gasteiger partial charge is 0.497 e. The third-order valence-corrected chi connectivity index (χ3v) is 2.96. The van der Waals surface area contributed by atoms with E-state index in [-0.39, 0.29) is 5.97 Å². The molecule has 4 heteroatoms. The van der Waals surface area contributed by atoms with Gasteiger partial charge in [-0.1, -0.05) is 6.08 Å². The van der Waals surface area contributed by atoms with Gasteiger partial charge in [-0.2, -0.15) is 0 Å². The maximum Gasteiger partial charge on any atom is 0.316 e. The van der Waals surface area contributed by atoms with Gasteiger partial charge in [-0.05, 0) is 20.8 Å². The van der Waals surface area contributed by atoms with Crippen molar-refractivity contribution in [3.63, 3.8) is 0 Å². The number of esters is 1. The van der Waals surface area contributed by atoms with Crippen molar-refractivity contribution in [2.24, 2.45) is 5.41 Å². The summed E-state index contributed by atoms with van der Waals surface area (Å²) in [6.45, 7) is 9.57. The van der Waals surface area contributed by atoms with Crippen LogP contribution in [-0.4, -0.2) is 24.7 Å². The van der Waals surface area contributed by atoms with Crippen molar-refractivity contribution in [3.8, 4) is 5.75 Å². The lowest BCUT2D eigenvalue weighted by molar-refractivity contribution is -0.151. The molecule has 0 amide bonds. The number of carbonyl (C=O) groups excluding carboxylic acids is 1. The number of pyridine rings is 1. The molecule has 0 aliphatic heterocycles. The standard InChI is InChI=1S/C15H21NO3/c1-6-15(4,14(17)19-7-2)10-12-9-13(18-5)8-11(3)16-12/h6,8-9H,1,7,10H2,2-5H3. The van der Waals surface area contributed by atoms with Crippen LogP contribution in [0.5, 0.6) is 5.75 Å². The Morgan fingerprint density at radius 1 is 1.53 bits per heavy atom. The number of hydrogen-bond donors (Lipinski definition) is 0. The summed E-state index contributed by atoms with van der Waals surface area (Å²) < 4.78 is 10.3. The van der Waals surface area contributed by atoms with Gasteiger partial charge in [0, 0.05) is 29.9 Å². The fourth-order valence-corrected chi connectivity index (χ4v) is 1.81. The number of rotatable bonds is 6. The molecule has 0 saturated carbocycles. The number of carbonyl (C=O) groups is 1. The second-order valence-electron chi connectivity index (χ2n) is 4.66. The van der Waals surface area contributed by atoms with Crippen molar-refractivity contribution in [2.75, 3.05) is 13.7 Å². The minimum atomic E-state index is -0.776. The normalized spacial score (nSPS) is 13.5. The highest BCUT2D eigenvalue weighted by Gasteiger charge is 2.32. The Morgan fingerprint density at radius 2 is 2.21 bits per heavy atom. The lowest BCUT2D eigenvalue weighted by Crippen LogP contribution is -2.30. The molecule has 1 atom stereocenters. The maximum absolute atomic E-state index is 12.0. The van der Waals surface area contributed by atoms with Gasteiger partial charge in [0.05, 0.1) is 19.1 Å². The third-order valence-electron chi connectivity index (χ3n) is 2.96. The monoisotopic (exact) mass is 263 g/mol. The molecule has 0 radical (unpaired) electrons. The Morgan fingerprint density at radius 3 is 2.74 bits per heavy atom. The number of nitrogens with zero attached hydrogens (tertiary/aromatic N) is 1. The number of methoxy groups -OCH3 is 1. The van der Waals surface area contributed by atoms with Crippen molar-refractivity contribution >= 4 is 5.97 Å². The number of ether oxygens (including phenoxy) is 2. The highest BCUT2D eigenvalue weighted by Crippen LogP contribution is 2.26. The van der Waals surface area contributed by atoms with Crippen LogP contribution >= 0.6 is 0 Å². The zero-order valence-electron chi connectivity index (χ0n) is 12.0. The molecule has 0 aromatic carbocycles. The fourth-order valence-electron chi connectivity index (χ4n) is 1.81. The Labute approximate surface area is 114 Å². The number of aryl methyl sites for hydroxylation is 1. The van der Waals surface area contributed by atoms with Gasteiger partial charge in [0.2, 0.25) is 0 Å². The summed E-state index contributed by atoms with van der Waals surface area (Å²) in [5.41, 5.74) is 0.860. The first-order chi connectivity index (χ1) is 8.95. The molecular formula is C15H21NO3. The van der Waals surface area contributed by atoms with E-state index < -0.39 is 5.41 Å². The van der Waals surface area contributed by atoms with Crippen LogP contribution in [0.1, 0.15) is 25.2 Å². The highest BCUT2D eigenvalue weighted by molar-refractivity contribution is 5.78. The molecule has 0 aliphatic carbocycles. The van der Waals surface area contributed by atoms with Crippen LogP contribution in [-0.2, 0) is 16.0 Å². The van der Waals surface area contributed by atoms with Gasteiger partial charge >= 0.3 is 5.97 Å². The molecule has 1 rings (SSSR count). The van der Waals surface area contributed by atoms with Crippen LogP contribution in [0.4, 0.5) is 0 Å². The Kier molecular flexibility index (Phi) is 5.10. The van der Waals surface area contributed by atoms with E-state index in [1.807, 2.05) is 19.1 Å². The molecule has 0 saturated heterocycles. The molecule has 1 aromatic heterocycles. The highest BCUT2D eigenvalue weighted by atomic mass is 16.5. The quantitative estimate of drug-likeness (QED) is 0.585. The SMILES string of the molecule is C=CC(C)(Cc1cc(OC)cc(C)n1)C(=O)OCC. The summed E-state index contributed by atoms with van der Waals surface area (Å²) in [6.07, 6.45) is 2.05. The second kappa shape index (κ2) is 6.36.